The van der Waals surface area contributed by atoms with E-state index in [0.717, 1.165) is 17.1 Å². The minimum absolute atomic E-state index is 0.600. The molecule has 0 unspecified atom stereocenters. The van der Waals surface area contributed by atoms with Gasteiger partial charge < -0.3 is 25.4 Å². The molecule has 3 N–H and O–H groups in total. The quantitative estimate of drug-likeness (QED) is 0.828. The van der Waals surface area contributed by atoms with Crippen molar-refractivity contribution in [1.82, 2.24) is 0 Å². The van der Waals surface area contributed by atoms with Crippen LogP contribution in [0.4, 0.5) is 22.7 Å². The van der Waals surface area contributed by atoms with Gasteiger partial charge in [-0.15, -0.1) is 0 Å². The molecule has 0 amide bonds. The van der Waals surface area contributed by atoms with Crippen LogP contribution < -0.4 is 25.4 Å². The largest absolute Gasteiger partial charge is 0.493 e. The summed E-state index contributed by atoms with van der Waals surface area (Å²) in [5.41, 5.74) is 9.51. The summed E-state index contributed by atoms with van der Waals surface area (Å²) >= 11 is 0. The number of ether oxygens (including phenoxy) is 2. The second-order valence-corrected chi connectivity index (χ2v) is 4.86. The Morgan fingerprint density at radius 3 is 2.29 bits per heavy atom. The lowest BCUT2D eigenvalue weighted by molar-refractivity contribution is 0.355. The van der Waals surface area contributed by atoms with Crippen molar-refractivity contribution in [3.05, 3.63) is 36.4 Å². The first-order valence-electron chi connectivity index (χ1n) is 6.61. The molecular formula is C16H21N3O2. The highest BCUT2D eigenvalue weighted by Crippen LogP contribution is 2.36. The maximum Gasteiger partial charge on any atom is 0.162 e. The summed E-state index contributed by atoms with van der Waals surface area (Å²) in [5.74, 6) is 1.25. The van der Waals surface area contributed by atoms with E-state index in [9.17, 15) is 0 Å². The van der Waals surface area contributed by atoms with Gasteiger partial charge >= 0.3 is 0 Å². The van der Waals surface area contributed by atoms with Crippen LogP contribution in [-0.4, -0.2) is 28.3 Å². The Labute approximate surface area is 125 Å². The molecule has 0 aliphatic carbocycles. The van der Waals surface area contributed by atoms with Crippen LogP contribution in [0.3, 0.4) is 0 Å². The summed E-state index contributed by atoms with van der Waals surface area (Å²) in [6.07, 6.45) is 0. The first-order chi connectivity index (χ1) is 10.0. The van der Waals surface area contributed by atoms with Gasteiger partial charge in [0.2, 0.25) is 0 Å². The van der Waals surface area contributed by atoms with Crippen molar-refractivity contribution < 1.29 is 9.47 Å². The van der Waals surface area contributed by atoms with Gasteiger partial charge in [-0.1, -0.05) is 6.07 Å². The van der Waals surface area contributed by atoms with Crippen LogP contribution in [-0.2, 0) is 0 Å². The molecule has 0 radical (unpaired) electrons. The van der Waals surface area contributed by atoms with Crippen LogP contribution in [0.2, 0.25) is 0 Å². The molecule has 0 saturated heterocycles. The molecule has 0 atom stereocenters. The lowest BCUT2D eigenvalue weighted by Crippen LogP contribution is -2.08. The van der Waals surface area contributed by atoms with Crippen LogP contribution in [0.15, 0.2) is 36.4 Å². The van der Waals surface area contributed by atoms with Crippen molar-refractivity contribution in [2.75, 3.05) is 44.3 Å². The normalized spacial score (nSPS) is 10.1. The third kappa shape index (κ3) is 3.31. The van der Waals surface area contributed by atoms with E-state index in [-0.39, 0.29) is 0 Å². The Kier molecular flexibility index (Phi) is 4.42. The Bertz CT molecular complexity index is 627. The molecule has 21 heavy (non-hydrogen) atoms. The molecule has 0 aliphatic heterocycles. The number of methoxy groups -OCH3 is 2. The number of nitrogens with two attached hydrogens (primary N) is 1. The van der Waals surface area contributed by atoms with Crippen LogP contribution in [0.1, 0.15) is 0 Å². The zero-order valence-electron chi connectivity index (χ0n) is 12.8. The van der Waals surface area contributed by atoms with Gasteiger partial charge in [-0.05, 0) is 18.2 Å². The highest BCUT2D eigenvalue weighted by molar-refractivity contribution is 5.77. The summed E-state index contributed by atoms with van der Waals surface area (Å²) in [7, 11) is 7.20. The second-order valence-electron chi connectivity index (χ2n) is 4.86. The summed E-state index contributed by atoms with van der Waals surface area (Å²) < 4.78 is 10.5. The summed E-state index contributed by atoms with van der Waals surface area (Å²) in [5, 5.41) is 3.31. The molecule has 0 spiro atoms. The first-order valence-corrected chi connectivity index (χ1v) is 6.61. The van der Waals surface area contributed by atoms with Crippen molar-refractivity contribution in [2.24, 2.45) is 0 Å². The van der Waals surface area contributed by atoms with Crippen molar-refractivity contribution in [3.63, 3.8) is 0 Å². The Hall–Kier alpha value is -2.56. The molecule has 0 heterocycles. The summed E-state index contributed by atoms with van der Waals surface area (Å²) in [4.78, 5) is 2.04. The lowest BCUT2D eigenvalue weighted by atomic mass is 10.2. The monoisotopic (exact) mass is 287 g/mol. The number of hydrogen-bond acceptors (Lipinski definition) is 5. The molecule has 112 valence electrons. The molecule has 2 rings (SSSR count). The van der Waals surface area contributed by atoms with Crippen molar-refractivity contribution in [1.29, 1.82) is 0 Å². The van der Waals surface area contributed by atoms with E-state index < -0.39 is 0 Å². The topological polar surface area (TPSA) is 59.8 Å². The zero-order valence-corrected chi connectivity index (χ0v) is 12.8. The lowest BCUT2D eigenvalue weighted by Gasteiger charge is -2.16. The maximum absolute atomic E-state index is 6.06. The average Bonchev–Trinajstić information content (AvgIpc) is 2.49. The third-order valence-corrected chi connectivity index (χ3v) is 3.20. The molecule has 0 aromatic heterocycles. The maximum atomic E-state index is 6.06. The number of benzene rings is 2. The molecule has 5 heteroatoms. The van der Waals surface area contributed by atoms with Crippen molar-refractivity contribution in [3.8, 4) is 11.5 Å². The molecule has 0 bridgehead atoms. The van der Waals surface area contributed by atoms with E-state index in [4.69, 9.17) is 15.2 Å². The van der Waals surface area contributed by atoms with Gasteiger partial charge in [0.15, 0.2) is 11.5 Å². The van der Waals surface area contributed by atoms with E-state index in [1.807, 2.05) is 43.3 Å². The third-order valence-electron chi connectivity index (χ3n) is 3.20. The van der Waals surface area contributed by atoms with Gasteiger partial charge in [0.1, 0.15) is 0 Å². The van der Waals surface area contributed by atoms with Crippen LogP contribution in [0, 0.1) is 0 Å². The van der Waals surface area contributed by atoms with E-state index in [0.29, 0.717) is 17.2 Å². The SMILES string of the molecule is COc1cc(N)c(Nc2cccc(N(C)C)c2)cc1OC. The van der Waals surface area contributed by atoms with Crippen LogP contribution >= 0.6 is 0 Å². The second kappa shape index (κ2) is 6.26. The van der Waals surface area contributed by atoms with Gasteiger partial charge in [-0.25, -0.2) is 0 Å². The molecule has 0 saturated carbocycles. The first kappa shape index (κ1) is 14.8. The van der Waals surface area contributed by atoms with Crippen molar-refractivity contribution >= 4 is 22.7 Å². The predicted molar refractivity (Wildman–Crippen MR) is 88.0 cm³/mol. The predicted octanol–water partition coefficient (Wildman–Crippen LogP) is 3.10. The number of anilines is 4. The number of rotatable bonds is 5. The minimum Gasteiger partial charge on any atom is -0.493 e. The van der Waals surface area contributed by atoms with E-state index >= 15 is 0 Å². The van der Waals surface area contributed by atoms with Crippen LogP contribution in [0.5, 0.6) is 11.5 Å². The summed E-state index contributed by atoms with van der Waals surface area (Å²) in [6.45, 7) is 0. The molecule has 0 aliphatic rings. The van der Waals surface area contributed by atoms with Gasteiger partial charge in [-0.2, -0.15) is 0 Å². The molecule has 2 aromatic carbocycles. The summed E-state index contributed by atoms with van der Waals surface area (Å²) in [6, 6.07) is 11.7. The van der Waals surface area contributed by atoms with Gasteiger partial charge in [0, 0.05) is 37.6 Å². The average molecular weight is 287 g/mol. The fraction of sp³-hybridized carbons (Fsp3) is 0.250. The molecule has 0 fully saturated rings. The van der Waals surface area contributed by atoms with Crippen LogP contribution in [0.25, 0.3) is 0 Å². The molecule has 2 aromatic rings. The number of hydrogen-bond donors (Lipinski definition) is 2. The standard InChI is InChI=1S/C16H21N3O2/c1-19(2)12-7-5-6-11(8-12)18-14-10-16(21-4)15(20-3)9-13(14)17/h5-10,18H,17H2,1-4H3. The Balaban J connectivity index is 2.33. The Morgan fingerprint density at radius 1 is 1.00 bits per heavy atom. The van der Waals surface area contributed by atoms with Crippen molar-refractivity contribution in [2.45, 2.75) is 0 Å². The van der Waals surface area contributed by atoms with E-state index in [1.54, 1.807) is 20.3 Å². The van der Waals surface area contributed by atoms with Gasteiger partial charge in [0.25, 0.3) is 0 Å². The fourth-order valence-electron chi connectivity index (χ4n) is 2.02. The molecule has 5 nitrogen and oxygen atoms in total. The smallest absolute Gasteiger partial charge is 0.162 e. The van der Waals surface area contributed by atoms with Gasteiger partial charge in [0.05, 0.1) is 25.6 Å². The minimum atomic E-state index is 0.600. The van der Waals surface area contributed by atoms with E-state index in [2.05, 4.69) is 11.4 Å². The molecular weight excluding hydrogens is 266 g/mol. The van der Waals surface area contributed by atoms with E-state index in [1.165, 1.54) is 0 Å². The number of nitrogens with zero attached hydrogens (tertiary/aromatic N) is 1. The number of nitrogen functional groups attached to an aromatic ring is 1. The number of nitrogens with one attached hydrogen (secondary N) is 1. The fourth-order valence-corrected chi connectivity index (χ4v) is 2.02. The highest BCUT2D eigenvalue weighted by Gasteiger charge is 2.09. The highest BCUT2D eigenvalue weighted by atomic mass is 16.5. The van der Waals surface area contributed by atoms with Gasteiger partial charge in [-0.3, -0.25) is 0 Å². The Morgan fingerprint density at radius 2 is 1.67 bits per heavy atom. The zero-order chi connectivity index (χ0) is 15.4.